The Morgan fingerprint density at radius 3 is 2.29 bits per heavy atom. The van der Waals surface area contributed by atoms with Gasteiger partial charge in [0.25, 0.3) is 0 Å². The molecule has 0 bridgehead atoms. The monoisotopic (exact) mass is 343 g/mol. The molecule has 2 saturated heterocycles. The van der Waals surface area contributed by atoms with E-state index < -0.39 is 23.9 Å². The summed E-state index contributed by atoms with van der Waals surface area (Å²) in [6.45, 7) is 4.61. The fourth-order valence-corrected chi connectivity index (χ4v) is 3.02. The molecule has 24 heavy (non-hydrogen) atoms. The van der Waals surface area contributed by atoms with Crippen molar-refractivity contribution in [3.63, 3.8) is 0 Å². The highest BCUT2D eigenvalue weighted by atomic mass is 16.5. The third kappa shape index (κ3) is 5.05. The molecule has 0 unspecified atom stereocenters. The van der Waals surface area contributed by atoms with Gasteiger partial charge in [0.2, 0.25) is 11.8 Å². The number of carbonyl (C=O) groups is 3. The van der Waals surface area contributed by atoms with E-state index in [9.17, 15) is 14.4 Å². The number of morpholine rings is 1. The third-order valence-electron chi connectivity index (χ3n) is 4.34. The summed E-state index contributed by atoms with van der Waals surface area (Å²) in [6, 6.07) is -2.08. The second kappa shape index (κ2) is 8.81. The Morgan fingerprint density at radius 1 is 1.08 bits per heavy atom. The zero-order chi connectivity index (χ0) is 17.5. The quantitative estimate of drug-likeness (QED) is 0.371. The fraction of sp³-hybridized carbons (Fsp3) is 0.786. The number of urea groups is 1. The first kappa shape index (κ1) is 18.4. The molecule has 0 aliphatic carbocycles. The topological polar surface area (TPSA) is 149 Å². The zero-order valence-corrected chi connectivity index (χ0v) is 13.5. The summed E-state index contributed by atoms with van der Waals surface area (Å²) in [5, 5.41) is 4.88. The molecule has 2 atom stereocenters. The van der Waals surface area contributed by atoms with Gasteiger partial charge in [-0.15, -0.1) is 0 Å². The van der Waals surface area contributed by atoms with Gasteiger partial charge < -0.3 is 31.6 Å². The predicted molar refractivity (Wildman–Crippen MR) is 83.8 cm³/mol. The number of nitrogens with two attached hydrogens (primary N) is 2. The molecule has 2 aliphatic rings. The van der Waals surface area contributed by atoms with E-state index in [4.69, 9.17) is 20.9 Å². The lowest BCUT2D eigenvalue weighted by Crippen LogP contribution is -2.57. The minimum Gasteiger partial charge on any atom is -0.381 e. The van der Waals surface area contributed by atoms with Gasteiger partial charge in [0.05, 0.1) is 19.8 Å². The molecule has 10 heteroatoms. The van der Waals surface area contributed by atoms with Crippen molar-refractivity contribution in [2.75, 3.05) is 46.1 Å². The molecule has 4 amide bonds. The third-order valence-corrected chi connectivity index (χ3v) is 4.34. The maximum Gasteiger partial charge on any atom is 0.315 e. The summed E-state index contributed by atoms with van der Waals surface area (Å²) in [7, 11) is 0. The van der Waals surface area contributed by atoms with E-state index in [1.165, 1.54) is 0 Å². The summed E-state index contributed by atoms with van der Waals surface area (Å²) < 4.78 is 10.8. The van der Waals surface area contributed by atoms with Crippen molar-refractivity contribution in [1.29, 1.82) is 0 Å². The van der Waals surface area contributed by atoms with E-state index in [0.717, 1.165) is 19.5 Å². The standard InChI is InChI=1S/C14H25N5O5/c15-12(20)11(13(16)21)18-14(22)17-7-10(9-1-4-24-8-9)19-2-5-23-6-3-19/h9-11H,1-8H2,(H2,15,20)(H2,16,21)(H2,17,18,22)/t9-,10+/m0/s1. The molecule has 0 aromatic carbocycles. The van der Waals surface area contributed by atoms with Crippen molar-refractivity contribution in [1.82, 2.24) is 15.5 Å². The number of nitrogens with zero attached hydrogens (tertiary/aromatic N) is 1. The maximum absolute atomic E-state index is 12.0. The Morgan fingerprint density at radius 2 is 1.75 bits per heavy atom. The first-order chi connectivity index (χ1) is 11.5. The largest absolute Gasteiger partial charge is 0.381 e. The Bertz CT molecular complexity index is 448. The molecule has 0 aromatic heterocycles. The van der Waals surface area contributed by atoms with Crippen molar-refractivity contribution < 1.29 is 23.9 Å². The predicted octanol–water partition coefficient (Wildman–Crippen LogP) is -2.64. The molecule has 2 rings (SSSR count). The van der Waals surface area contributed by atoms with Crippen LogP contribution in [0, 0.1) is 5.92 Å². The van der Waals surface area contributed by atoms with Crippen LogP contribution >= 0.6 is 0 Å². The Balaban J connectivity index is 1.90. The molecule has 10 nitrogen and oxygen atoms in total. The number of hydrogen-bond acceptors (Lipinski definition) is 6. The Kier molecular flexibility index (Phi) is 6.76. The molecular formula is C14H25N5O5. The van der Waals surface area contributed by atoms with Gasteiger partial charge in [-0.3, -0.25) is 14.5 Å². The van der Waals surface area contributed by atoms with E-state index in [1.807, 2.05) is 0 Å². The highest BCUT2D eigenvalue weighted by molar-refractivity contribution is 6.05. The van der Waals surface area contributed by atoms with Gasteiger partial charge in [-0.05, 0) is 6.42 Å². The van der Waals surface area contributed by atoms with Crippen molar-refractivity contribution in [2.24, 2.45) is 17.4 Å². The number of rotatable bonds is 7. The fourth-order valence-electron chi connectivity index (χ4n) is 3.02. The minimum atomic E-state index is -1.53. The van der Waals surface area contributed by atoms with Crippen molar-refractivity contribution in [3.8, 4) is 0 Å². The van der Waals surface area contributed by atoms with Gasteiger partial charge >= 0.3 is 6.03 Å². The van der Waals surface area contributed by atoms with E-state index >= 15 is 0 Å². The molecule has 6 N–H and O–H groups in total. The van der Waals surface area contributed by atoms with Gasteiger partial charge in [0.1, 0.15) is 0 Å². The van der Waals surface area contributed by atoms with Crippen LogP contribution in [0.2, 0.25) is 0 Å². The number of nitrogens with one attached hydrogen (secondary N) is 2. The molecule has 0 saturated carbocycles. The second-order valence-electron chi connectivity index (χ2n) is 5.93. The SMILES string of the molecule is NC(=O)C(NC(=O)NC[C@H]([C@H]1CCOC1)N1CCOCC1)C(N)=O. The van der Waals surface area contributed by atoms with Crippen LogP contribution in [0.1, 0.15) is 6.42 Å². The van der Waals surface area contributed by atoms with E-state index in [1.54, 1.807) is 0 Å². The highest BCUT2D eigenvalue weighted by Crippen LogP contribution is 2.21. The van der Waals surface area contributed by atoms with Crippen LogP contribution in [0.5, 0.6) is 0 Å². The van der Waals surface area contributed by atoms with E-state index in [0.29, 0.717) is 38.9 Å². The lowest BCUT2D eigenvalue weighted by molar-refractivity contribution is -0.128. The molecule has 0 aromatic rings. The van der Waals surface area contributed by atoms with E-state index in [2.05, 4.69) is 15.5 Å². The Labute approximate surface area is 140 Å². The van der Waals surface area contributed by atoms with Crippen LogP contribution in [0.4, 0.5) is 4.79 Å². The van der Waals surface area contributed by atoms with Gasteiger partial charge in [0.15, 0.2) is 6.04 Å². The molecular weight excluding hydrogens is 318 g/mol. The molecule has 0 spiro atoms. The van der Waals surface area contributed by atoms with Gasteiger partial charge in [0, 0.05) is 38.2 Å². The number of primary amides is 2. The summed E-state index contributed by atoms with van der Waals surface area (Å²) >= 11 is 0. The lowest BCUT2D eigenvalue weighted by atomic mass is 9.97. The summed E-state index contributed by atoms with van der Waals surface area (Å²) in [5.74, 6) is -1.68. The number of amides is 4. The van der Waals surface area contributed by atoms with Crippen molar-refractivity contribution in [2.45, 2.75) is 18.5 Å². The van der Waals surface area contributed by atoms with Crippen LogP contribution in [-0.4, -0.2) is 80.9 Å². The first-order valence-electron chi connectivity index (χ1n) is 8.01. The number of hydrogen-bond donors (Lipinski definition) is 4. The number of ether oxygens (including phenoxy) is 2. The lowest BCUT2D eigenvalue weighted by Gasteiger charge is -2.37. The van der Waals surface area contributed by atoms with Crippen LogP contribution in [-0.2, 0) is 19.1 Å². The highest BCUT2D eigenvalue weighted by Gasteiger charge is 2.32. The summed E-state index contributed by atoms with van der Waals surface area (Å²) in [5.41, 5.74) is 10.1. The number of carbonyl (C=O) groups excluding carboxylic acids is 3. The minimum absolute atomic E-state index is 0.0998. The van der Waals surface area contributed by atoms with Crippen LogP contribution in [0.3, 0.4) is 0 Å². The van der Waals surface area contributed by atoms with Crippen LogP contribution in [0.15, 0.2) is 0 Å². The van der Waals surface area contributed by atoms with Gasteiger partial charge in [-0.25, -0.2) is 4.79 Å². The zero-order valence-electron chi connectivity index (χ0n) is 13.5. The van der Waals surface area contributed by atoms with Crippen molar-refractivity contribution >= 4 is 17.8 Å². The first-order valence-corrected chi connectivity index (χ1v) is 8.01. The average Bonchev–Trinajstić information content (AvgIpc) is 3.07. The molecule has 136 valence electrons. The molecule has 0 radical (unpaired) electrons. The molecule has 2 heterocycles. The van der Waals surface area contributed by atoms with Crippen LogP contribution < -0.4 is 22.1 Å². The summed E-state index contributed by atoms with van der Waals surface area (Å²) in [6.07, 6.45) is 0.927. The normalized spacial score (nSPS) is 23.0. The average molecular weight is 343 g/mol. The van der Waals surface area contributed by atoms with Crippen molar-refractivity contribution in [3.05, 3.63) is 0 Å². The smallest absolute Gasteiger partial charge is 0.315 e. The van der Waals surface area contributed by atoms with Crippen LogP contribution in [0.25, 0.3) is 0 Å². The van der Waals surface area contributed by atoms with E-state index in [-0.39, 0.29) is 6.04 Å². The molecule has 2 aliphatic heterocycles. The molecule has 2 fully saturated rings. The maximum atomic E-state index is 12.0. The second-order valence-corrected chi connectivity index (χ2v) is 5.93. The summed E-state index contributed by atoms with van der Waals surface area (Å²) in [4.78, 5) is 36.4. The Hall–Kier alpha value is -1.91. The van der Waals surface area contributed by atoms with Gasteiger partial charge in [-0.1, -0.05) is 0 Å². The van der Waals surface area contributed by atoms with Gasteiger partial charge in [-0.2, -0.15) is 0 Å².